The van der Waals surface area contributed by atoms with E-state index in [9.17, 15) is 9.59 Å². The Morgan fingerprint density at radius 1 is 1.28 bits per heavy atom. The molecule has 9 nitrogen and oxygen atoms in total. The van der Waals surface area contributed by atoms with Crippen LogP contribution in [0.15, 0.2) is 23.0 Å². The molecule has 1 aliphatic rings. The summed E-state index contributed by atoms with van der Waals surface area (Å²) in [4.78, 5) is 34.0. The van der Waals surface area contributed by atoms with Crippen LogP contribution in [-0.2, 0) is 13.5 Å². The van der Waals surface area contributed by atoms with Crippen LogP contribution in [0.3, 0.4) is 0 Å². The molecule has 0 atom stereocenters. The van der Waals surface area contributed by atoms with Gasteiger partial charge in [0, 0.05) is 49.6 Å². The summed E-state index contributed by atoms with van der Waals surface area (Å²) in [7, 11) is 1.64. The van der Waals surface area contributed by atoms with E-state index in [4.69, 9.17) is 15.7 Å². The summed E-state index contributed by atoms with van der Waals surface area (Å²) >= 11 is 0. The second-order valence-corrected chi connectivity index (χ2v) is 7.18. The normalized spacial score (nSPS) is 24.7. The summed E-state index contributed by atoms with van der Waals surface area (Å²) in [5.41, 5.74) is 1.06. The molecule has 1 aromatic carbocycles. The van der Waals surface area contributed by atoms with Gasteiger partial charge in [0.15, 0.2) is 11.3 Å². The Hall–Kier alpha value is -3.04. The van der Waals surface area contributed by atoms with Gasteiger partial charge in [-0.15, -0.1) is 0 Å². The molecule has 1 fully saturated rings. The van der Waals surface area contributed by atoms with Gasteiger partial charge in [0.2, 0.25) is 0 Å². The number of H-pyrrole nitrogens is 1. The number of ketones is 1. The molecule has 0 saturated carbocycles. The smallest absolute Gasteiger partial charge is 0.277 e. The van der Waals surface area contributed by atoms with Crippen LogP contribution >= 0.6 is 0 Å². The zero-order valence-corrected chi connectivity index (χ0v) is 18.1. The van der Waals surface area contributed by atoms with Crippen LogP contribution in [0, 0.1) is 0 Å². The summed E-state index contributed by atoms with van der Waals surface area (Å²) in [5, 5.41) is 6.14. The van der Waals surface area contributed by atoms with Crippen molar-refractivity contribution in [1.82, 2.24) is 30.0 Å². The van der Waals surface area contributed by atoms with Gasteiger partial charge in [-0.3, -0.25) is 19.2 Å². The maximum absolute atomic E-state index is 13.4. The molecule has 0 unspecified atom stereocenters. The predicted octanol–water partition coefficient (Wildman–Crippen LogP) is 1.76. The zero-order valence-electron chi connectivity index (χ0n) is 26.1. The third kappa shape index (κ3) is 4.44. The third-order valence-electron chi connectivity index (χ3n) is 4.91. The minimum atomic E-state index is -3.10. The van der Waals surface area contributed by atoms with E-state index >= 15 is 0 Å². The summed E-state index contributed by atoms with van der Waals surface area (Å²) in [6.45, 7) is -9.25. The lowest BCUT2D eigenvalue weighted by molar-refractivity contribution is 0.0921. The number of hydrogen-bond acceptors (Lipinski definition) is 7. The average Bonchev–Trinajstić information content (AvgIpc) is 3.16. The van der Waals surface area contributed by atoms with Crippen molar-refractivity contribution in [1.29, 1.82) is 0 Å². The number of benzene rings is 1. The van der Waals surface area contributed by atoms with Crippen LogP contribution in [0.4, 0.5) is 0 Å². The van der Waals surface area contributed by atoms with Crippen molar-refractivity contribution in [3.63, 3.8) is 0 Å². The predicted molar refractivity (Wildman–Crippen MR) is 123 cm³/mol. The molecule has 3 aromatic rings. The highest BCUT2D eigenvalue weighted by molar-refractivity contribution is 5.99. The van der Waals surface area contributed by atoms with E-state index in [-0.39, 0.29) is 34.0 Å². The highest BCUT2D eigenvalue weighted by Crippen LogP contribution is 2.30. The molecule has 0 bridgehead atoms. The van der Waals surface area contributed by atoms with E-state index in [1.807, 2.05) is 6.92 Å². The molecule has 2 N–H and O–H groups in total. The lowest BCUT2D eigenvalue weighted by Gasteiger charge is -2.26. The molecule has 170 valence electrons. The second kappa shape index (κ2) is 9.62. The van der Waals surface area contributed by atoms with Crippen molar-refractivity contribution < 1.29 is 20.5 Å². The number of ether oxygens (including phenoxy) is 1. The molecule has 0 spiro atoms. The number of piperazine rings is 1. The topological polar surface area (TPSA) is 105 Å². The van der Waals surface area contributed by atoms with Gasteiger partial charge >= 0.3 is 0 Å². The first-order chi connectivity index (χ1) is 18.5. The fraction of sp³-hybridized carbons (Fsp3) is 0.478. The summed E-state index contributed by atoms with van der Waals surface area (Å²) < 4.78 is 71.8. The molecule has 9 heteroatoms. The number of aromatic nitrogens is 4. The van der Waals surface area contributed by atoms with Crippen molar-refractivity contribution in [3.8, 4) is 17.1 Å². The average molecular weight is 447 g/mol. The Bertz CT molecular complexity index is 1490. The summed E-state index contributed by atoms with van der Waals surface area (Å²) in [5.74, 6) is -0.425. The van der Waals surface area contributed by atoms with Gasteiger partial charge in [0.05, 0.1) is 24.4 Å². The van der Waals surface area contributed by atoms with E-state index < -0.39 is 43.9 Å². The number of carbonyl (C=O) groups is 1. The van der Waals surface area contributed by atoms with Gasteiger partial charge in [-0.1, -0.05) is 13.3 Å². The Morgan fingerprint density at radius 2 is 2.06 bits per heavy atom. The maximum atomic E-state index is 13.4. The number of carbonyl (C=O) groups excluding carboxylic acids is 1. The minimum absolute atomic E-state index is 0.0348. The molecular weight excluding hydrogens is 408 g/mol. The molecule has 0 amide bonds. The summed E-state index contributed by atoms with van der Waals surface area (Å²) in [6.07, 6.45) is 1.35. The number of aryl methyl sites for hydroxylation is 2. The lowest BCUT2D eigenvalue weighted by atomic mass is 10.0. The third-order valence-corrected chi connectivity index (χ3v) is 4.91. The Labute approximate surface area is 198 Å². The van der Waals surface area contributed by atoms with Crippen LogP contribution in [0.2, 0.25) is 0 Å². The molecule has 3 heterocycles. The van der Waals surface area contributed by atoms with Crippen molar-refractivity contribution in [2.24, 2.45) is 7.05 Å². The van der Waals surface area contributed by atoms with Crippen LogP contribution in [0.5, 0.6) is 5.75 Å². The highest BCUT2D eigenvalue weighted by atomic mass is 16.5. The number of rotatable bonds is 8. The molecule has 1 saturated heterocycles. The van der Waals surface area contributed by atoms with Gasteiger partial charge < -0.3 is 15.0 Å². The number of Topliss-reactive ketones (excluding diaryl/α,β-unsaturated/α-hetero) is 1. The number of hydrogen-bond donors (Lipinski definition) is 2. The monoisotopic (exact) mass is 446 g/mol. The van der Waals surface area contributed by atoms with Crippen molar-refractivity contribution in [3.05, 3.63) is 39.8 Å². The molecule has 32 heavy (non-hydrogen) atoms. The SMILES string of the molecule is [2H]C1([2H])NC([2H])([2H])C([2H])([2H])N(CC(=O)c2ccc(OCC)c(-c3nc4c(CCC)nn(C)c4c(=O)[nH]3)c2)C1([2H])[2H]. The van der Waals surface area contributed by atoms with Crippen LogP contribution in [0.25, 0.3) is 22.4 Å². The molecule has 4 rings (SSSR count). The van der Waals surface area contributed by atoms with E-state index in [0.29, 0.717) is 23.4 Å². The van der Waals surface area contributed by atoms with Crippen molar-refractivity contribution in [2.75, 3.05) is 39.1 Å². The number of fused-ring (bicyclic) bond motifs is 1. The first kappa shape index (κ1) is 14.2. The molecule has 1 aliphatic heterocycles. The van der Waals surface area contributed by atoms with Crippen LogP contribution in [-0.4, -0.2) is 69.6 Å². The van der Waals surface area contributed by atoms with E-state index in [1.54, 1.807) is 19.3 Å². The fourth-order valence-corrected chi connectivity index (χ4v) is 3.51. The van der Waals surface area contributed by atoms with Crippen LogP contribution < -0.4 is 15.6 Å². The van der Waals surface area contributed by atoms with Crippen LogP contribution in [0.1, 0.15) is 47.3 Å². The van der Waals surface area contributed by atoms with Gasteiger partial charge in [-0.25, -0.2) is 4.98 Å². The van der Waals surface area contributed by atoms with E-state index in [0.717, 1.165) is 6.42 Å². The first-order valence-electron chi connectivity index (χ1n) is 14.3. The maximum Gasteiger partial charge on any atom is 0.277 e. The zero-order chi connectivity index (χ0) is 29.8. The number of aromatic amines is 1. The number of nitrogens with zero attached hydrogens (tertiary/aromatic N) is 4. The Balaban J connectivity index is 1.80. The van der Waals surface area contributed by atoms with Gasteiger partial charge in [-0.2, -0.15) is 5.10 Å². The standard InChI is InChI=1S/C23H30N6O3/c1-4-6-17-20-21(28(3)27-17)23(31)26-22(25-20)16-13-15(7-8-19(16)32-5-2)18(30)14-29-11-9-24-10-12-29/h7-8,13,24H,4-6,9-12,14H2,1-3H3,(H,25,26,31)/i9D2,10D2,11D2,12D2. The van der Waals surface area contributed by atoms with E-state index in [1.165, 1.54) is 22.9 Å². The van der Waals surface area contributed by atoms with Gasteiger partial charge in [0.25, 0.3) is 5.56 Å². The van der Waals surface area contributed by atoms with Crippen molar-refractivity contribution >= 4 is 16.8 Å². The van der Waals surface area contributed by atoms with Gasteiger partial charge in [-0.05, 0) is 31.5 Å². The second-order valence-electron chi connectivity index (χ2n) is 7.18. The fourth-order valence-electron chi connectivity index (χ4n) is 3.51. The van der Waals surface area contributed by atoms with Gasteiger partial charge in [0.1, 0.15) is 17.1 Å². The minimum Gasteiger partial charge on any atom is -0.493 e. The quantitative estimate of drug-likeness (QED) is 0.508. The molecule has 2 aromatic heterocycles. The van der Waals surface area contributed by atoms with E-state index in [2.05, 4.69) is 15.1 Å². The lowest BCUT2D eigenvalue weighted by Crippen LogP contribution is -2.45. The Morgan fingerprint density at radius 3 is 2.78 bits per heavy atom. The number of nitrogens with one attached hydrogen (secondary N) is 2. The van der Waals surface area contributed by atoms with Crippen molar-refractivity contribution in [2.45, 2.75) is 26.7 Å². The molecule has 0 aliphatic carbocycles. The molecule has 0 radical (unpaired) electrons. The molecular formula is C23H30N6O3. The Kier molecular flexibility index (Phi) is 4.26. The highest BCUT2D eigenvalue weighted by Gasteiger charge is 2.20. The first-order valence-corrected chi connectivity index (χ1v) is 10.3. The summed E-state index contributed by atoms with van der Waals surface area (Å²) in [6, 6.07) is 4.20. The largest absolute Gasteiger partial charge is 0.493 e.